The molecule has 0 heterocycles. The van der Waals surface area contributed by atoms with Gasteiger partial charge in [-0.05, 0) is 0 Å². The molecule has 5 heteroatoms. The quantitative estimate of drug-likeness (QED) is 0.413. The van der Waals surface area contributed by atoms with Crippen molar-refractivity contribution < 1.29 is 14.2 Å². The maximum atomic E-state index is 5.06. The van der Waals surface area contributed by atoms with Gasteiger partial charge in [0.15, 0.2) is 0 Å². The SMILES string of the molecule is B.COCCOCCOC.Cl. The Morgan fingerprint density at radius 3 is 1.45 bits per heavy atom. The van der Waals surface area contributed by atoms with E-state index in [4.69, 9.17) is 14.2 Å². The molecule has 0 aliphatic heterocycles. The van der Waals surface area contributed by atoms with Crippen molar-refractivity contribution in [3.05, 3.63) is 0 Å². The van der Waals surface area contributed by atoms with Crippen molar-refractivity contribution >= 4 is 20.8 Å². The first kappa shape index (κ1) is 17.4. The number of halogens is 1. The van der Waals surface area contributed by atoms with Gasteiger partial charge in [-0.2, -0.15) is 0 Å². The van der Waals surface area contributed by atoms with Gasteiger partial charge in [-0.15, -0.1) is 12.4 Å². The summed E-state index contributed by atoms with van der Waals surface area (Å²) >= 11 is 0. The molecule has 0 aromatic carbocycles. The van der Waals surface area contributed by atoms with E-state index in [-0.39, 0.29) is 20.8 Å². The first-order chi connectivity index (χ1) is 4.41. The molecule has 0 aliphatic carbocycles. The fourth-order valence-corrected chi connectivity index (χ4v) is 0.387. The lowest BCUT2D eigenvalue weighted by Crippen LogP contribution is -2.06. The van der Waals surface area contributed by atoms with Gasteiger partial charge in [-0.3, -0.25) is 0 Å². The molecule has 11 heavy (non-hydrogen) atoms. The first-order valence-electron chi connectivity index (χ1n) is 2.97. The molecule has 0 saturated carbocycles. The largest absolute Gasteiger partial charge is 0.382 e. The van der Waals surface area contributed by atoms with Crippen molar-refractivity contribution in [3.63, 3.8) is 0 Å². The Kier molecular flexibility index (Phi) is 26.3. The standard InChI is InChI=1S/C6H14O3.BH3.ClH/c1-7-3-5-9-6-4-8-2;;/h3-6H2,1-2H3;1H3;1H. The third-order valence-corrected chi connectivity index (χ3v) is 0.864. The average Bonchev–Trinajstić information content (AvgIpc) is 1.89. The molecule has 0 bridgehead atoms. The van der Waals surface area contributed by atoms with E-state index in [0.29, 0.717) is 26.4 Å². The van der Waals surface area contributed by atoms with E-state index >= 15 is 0 Å². The van der Waals surface area contributed by atoms with Crippen LogP contribution in [0.4, 0.5) is 0 Å². The number of hydrogen-bond acceptors (Lipinski definition) is 3. The van der Waals surface area contributed by atoms with Crippen LogP contribution in [0.1, 0.15) is 0 Å². The molecule has 0 rings (SSSR count). The molecular formula is C6H18BClO3. The van der Waals surface area contributed by atoms with Crippen LogP contribution < -0.4 is 0 Å². The Bertz CT molecular complexity index is 51.1. The van der Waals surface area contributed by atoms with E-state index in [1.165, 1.54) is 0 Å². The fraction of sp³-hybridized carbons (Fsp3) is 1.00. The van der Waals surface area contributed by atoms with E-state index in [1.807, 2.05) is 0 Å². The van der Waals surface area contributed by atoms with E-state index in [1.54, 1.807) is 14.2 Å². The maximum absolute atomic E-state index is 5.06. The summed E-state index contributed by atoms with van der Waals surface area (Å²) in [6, 6.07) is 0. The maximum Gasteiger partial charge on any atom is 0.0814 e. The van der Waals surface area contributed by atoms with Crippen molar-refractivity contribution in [3.8, 4) is 0 Å². The summed E-state index contributed by atoms with van der Waals surface area (Å²) in [5, 5.41) is 0. The Labute approximate surface area is 76.4 Å². The highest BCUT2D eigenvalue weighted by Gasteiger charge is 1.84. The van der Waals surface area contributed by atoms with Gasteiger partial charge < -0.3 is 14.2 Å². The summed E-state index contributed by atoms with van der Waals surface area (Å²) in [5.41, 5.74) is 0. The molecule has 0 N–H and O–H groups in total. The molecule has 0 aromatic heterocycles. The third-order valence-electron chi connectivity index (χ3n) is 0.864. The zero-order chi connectivity index (χ0) is 6.95. The molecule has 0 atom stereocenters. The summed E-state index contributed by atoms with van der Waals surface area (Å²) in [5.74, 6) is 0. The number of methoxy groups -OCH3 is 2. The molecule has 3 nitrogen and oxygen atoms in total. The minimum atomic E-state index is 0. The monoisotopic (exact) mass is 184 g/mol. The van der Waals surface area contributed by atoms with Crippen molar-refractivity contribution in [1.29, 1.82) is 0 Å². The smallest absolute Gasteiger partial charge is 0.0814 e. The van der Waals surface area contributed by atoms with Gasteiger partial charge in [0.1, 0.15) is 0 Å². The van der Waals surface area contributed by atoms with Crippen LogP contribution in [0, 0.1) is 0 Å². The fourth-order valence-electron chi connectivity index (χ4n) is 0.387. The molecule has 0 aliphatic rings. The van der Waals surface area contributed by atoms with Crippen LogP contribution in [0.2, 0.25) is 0 Å². The van der Waals surface area contributed by atoms with E-state index in [9.17, 15) is 0 Å². The Morgan fingerprint density at radius 1 is 0.818 bits per heavy atom. The highest BCUT2D eigenvalue weighted by Crippen LogP contribution is 1.75. The van der Waals surface area contributed by atoms with Crippen molar-refractivity contribution in [1.82, 2.24) is 0 Å². The lowest BCUT2D eigenvalue weighted by molar-refractivity contribution is 0.0385. The second kappa shape index (κ2) is 16.7. The minimum Gasteiger partial charge on any atom is -0.382 e. The molecule has 0 aromatic rings. The number of hydrogen-bond donors (Lipinski definition) is 0. The van der Waals surface area contributed by atoms with Gasteiger partial charge >= 0.3 is 0 Å². The lowest BCUT2D eigenvalue weighted by atomic mass is 10.7. The summed E-state index contributed by atoms with van der Waals surface area (Å²) < 4.78 is 14.6. The highest BCUT2D eigenvalue weighted by molar-refractivity contribution is 5.85. The predicted octanol–water partition coefficient (Wildman–Crippen LogP) is -0.466. The van der Waals surface area contributed by atoms with Crippen molar-refractivity contribution in [2.45, 2.75) is 0 Å². The molecule has 0 fully saturated rings. The summed E-state index contributed by atoms with van der Waals surface area (Å²) in [4.78, 5) is 0. The molecular weight excluding hydrogens is 166 g/mol. The van der Waals surface area contributed by atoms with E-state index in [0.717, 1.165) is 0 Å². The van der Waals surface area contributed by atoms with Gasteiger partial charge in [-0.25, -0.2) is 0 Å². The van der Waals surface area contributed by atoms with Crippen molar-refractivity contribution in [2.24, 2.45) is 0 Å². The molecule has 70 valence electrons. The summed E-state index contributed by atoms with van der Waals surface area (Å²) in [6.07, 6.45) is 0. The van der Waals surface area contributed by atoms with Crippen LogP contribution in [0.25, 0.3) is 0 Å². The van der Waals surface area contributed by atoms with Crippen molar-refractivity contribution in [2.75, 3.05) is 40.6 Å². The molecule has 0 amide bonds. The third kappa shape index (κ3) is 17.9. The Morgan fingerprint density at radius 2 is 1.18 bits per heavy atom. The van der Waals surface area contributed by atoms with Crippen LogP contribution in [-0.2, 0) is 14.2 Å². The minimum absolute atomic E-state index is 0. The first-order valence-corrected chi connectivity index (χ1v) is 2.97. The second-order valence-electron chi connectivity index (χ2n) is 1.60. The Hall–Kier alpha value is 0.235. The van der Waals surface area contributed by atoms with Crippen LogP contribution in [0.15, 0.2) is 0 Å². The lowest BCUT2D eigenvalue weighted by Gasteiger charge is -2.00. The van der Waals surface area contributed by atoms with Gasteiger partial charge in [0.05, 0.1) is 34.8 Å². The Balaban J connectivity index is -0.000000320. The van der Waals surface area contributed by atoms with Crippen LogP contribution in [-0.4, -0.2) is 49.1 Å². The van der Waals surface area contributed by atoms with Gasteiger partial charge in [-0.1, -0.05) is 0 Å². The van der Waals surface area contributed by atoms with E-state index < -0.39 is 0 Å². The second-order valence-corrected chi connectivity index (χ2v) is 1.60. The summed E-state index contributed by atoms with van der Waals surface area (Å²) in [7, 11) is 3.30. The van der Waals surface area contributed by atoms with Crippen LogP contribution in [0.3, 0.4) is 0 Å². The molecule has 0 radical (unpaired) electrons. The number of ether oxygens (including phenoxy) is 3. The van der Waals surface area contributed by atoms with Gasteiger partial charge in [0, 0.05) is 14.2 Å². The molecule has 0 spiro atoms. The zero-order valence-corrected chi connectivity index (χ0v) is 7.28. The average molecular weight is 184 g/mol. The topological polar surface area (TPSA) is 27.7 Å². The zero-order valence-electron chi connectivity index (χ0n) is 6.46. The number of rotatable bonds is 6. The molecule has 0 unspecified atom stereocenters. The van der Waals surface area contributed by atoms with Gasteiger partial charge in [0.2, 0.25) is 0 Å². The van der Waals surface area contributed by atoms with E-state index in [2.05, 4.69) is 0 Å². The predicted molar refractivity (Wildman–Crippen MR) is 51.8 cm³/mol. The van der Waals surface area contributed by atoms with Crippen LogP contribution in [0.5, 0.6) is 0 Å². The normalized spacial score (nSPS) is 8.18. The summed E-state index contributed by atoms with van der Waals surface area (Å²) in [6.45, 7) is 2.62. The highest BCUT2D eigenvalue weighted by atomic mass is 35.5. The van der Waals surface area contributed by atoms with Crippen LogP contribution >= 0.6 is 12.4 Å². The molecule has 0 saturated heterocycles. The van der Waals surface area contributed by atoms with Gasteiger partial charge in [0.25, 0.3) is 0 Å².